The molecule has 1 atom stereocenters. The SMILES string of the molecule is O=C(O)CN(CC(=O)O)C(Cc1ccc(O)cc1)C(=O)O. The van der Waals surface area contributed by atoms with Crippen LogP contribution in [0, 0.1) is 0 Å². The number of carboxylic acid groups (broad SMARTS) is 3. The van der Waals surface area contributed by atoms with E-state index >= 15 is 0 Å². The number of aromatic hydroxyl groups is 1. The normalized spacial score (nSPS) is 12.0. The molecule has 0 spiro atoms. The third-order valence-corrected chi connectivity index (χ3v) is 2.77. The molecular formula is C13H15NO7. The minimum atomic E-state index is -1.31. The van der Waals surface area contributed by atoms with Crippen molar-refractivity contribution >= 4 is 17.9 Å². The van der Waals surface area contributed by atoms with Crippen LogP contribution in [0.4, 0.5) is 0 Å². The maximum Gasteiger partial charge on any atom is 0.321 e. The topological polar surface area (TPSA) is 135 Å². The lowest BCUT2D eigenvalue weighted by molar-refractivity contribution is -0.149. The molecule has 0 saturated heterocycles. The van der Waals surface area contributed by atoms with Crippen molar-refractivity contribution in [3.8, 4) is 5.75 Å². The van der Waals surface area contributed by atoms with Gasteiger partial charge in [-0.05, 0) is 24.1 Å². The second kappa shape index (κ2) is 7.25. The van der Waals surface area contributed by atoms with Gasteiger partial charge in [-0.2, -0.15) is 0 Å². The molecule has 0 aliphatic rings. The number of aliphatic carboxylic acids is 3. The van der Waals surface area contributed by atoms with E-state index in [0.717, 1.165) is 4.90 Å². The van der Waals surface area contributed by atoms with Gasteiger partial charge in [0.15, 0.2) is 0 Å². The number of phenols is 1. The van der Waals surface area contributed by atoms with E-state index in [-0.39, 0.29) is 12.2 Å². The van der Waals surface area contributed by atoms with E-state index in [4.69, 9.17) is 15.3 Å². The lowest BCUT2D eigenvalue weighted by atomic mass is 10.0. The van der Waals surface area contributed by atoms with Crippen molar-refractivity contribution in [1.29, 1.82) is 0 Å². The van der Waals surface area contributed by atoms with Gasteiger partial charge in [0.05, 0.1) is 13.1 Å². The molecule has 1 unspecified atom stereocenters. The molecule has 21 heavy (non-hydrogen) atoms. The minimum Gasteiger partial charge on any atom is -0.508 e. The van der Waals surface area contributed by atoms with E-state index in [1.807, 2.05) is 0 Å². The molecule has 114 valence electrons. The minimum absolute atomic E-state index is 0.0125. The molecule has 8 nitrogen and oxygen atoms in total. The first-order valence-electron chi connectivity index (χ1n) is 5.98. The third-order valence-electron chi connectivity index (χ3n) is 2.77. The number of carboxylic acids is 3. The van der Waals surface area contributed by atoms with E-state index in [2.05, 4.69) is 0 Å². The second-order valence-corrected chi connectivity index (χ2v) is 4.42. The highest BCUT2D eigenvalue weighted by Crippen LogP contribution is 2.14. The molecule has 8 heteroatoms. The highest BCUT2D eigenvalue weighted by atomic mass is 16.4. The predicted octanol–water partition coefficient (Wildman–Crippen LogP) is -0.141. The van der Waals surface area contributed by atoms with Crippen LogP contribution in [0.25, 0.3) is 0 Å². The highest BCUT2D eigenvalue weighted by Gasteiger charge is 2.29. The number of hydrogen-bond donors (Lipinski definition) is 4. The molecule has 0 heterocycles. The second-order valence-electron chi connectivity index (χ2n) is 4.42. The molecule has 4 N–H and O–H groups in total. The van der Waals surface area contributed by atoms with Crippen LogP contribution < -0.4 is 0 Å². The lowest BCUT2D eigenvalue weighted by Crippen LogP contribution is -2.47. The first-order valence-corrected chi connectivity index (χ1v) is 5.98. The van der Waals surface area contributed by atoms with Crippen LogP contribution >= 0.6 is 0 Å². The summed E-state index contributed by atoms with van der Waals surface area (Å²) in [5, 5.41) is 35.9. The molecule has 0 fully saturated rings. The smallest absolute Gasteiger partial charge is 0.321 e. The molecule has 1 aromatic rings. The van der Waals surface area contributed by atoms with E-state index in [1.54, 1.807) is 0 Å². The summed E-state index contributed by atoms with van der Waals surface area (Å²) in [4.78, 5) is 33.7. The zero-order valence-corrected chi connectivity index (χ0v) is 11.0. The third kappa shape index (κ3) is 5.49. The van der Waals surface area contributed by atoms with Crippen molar-refractivity contribution < 1.29 is 34.8 Å². The van der Waals surface area contributed by atoms with Crippen LogP contribution in [-0.4, -0.2) is 62.4 Å². The quantitative estimate of drug-likeness (QED) is 0.520. The molecule has 0 amide bonds. The Bertz CT molecular complexity index is 510. The number of nitrogens with zero attached hydrogens (tertiary/aromatic N) is 1. The summed E-state index contributed by atoms with van der Waals surface area (Å²) in [5.41, 5.74) is 0.543. The molecule has 0 bridgehead atoms. The van der Waals surface area contributed by atoms with Gasteiger partial charge in [-0.1, -0.05) is 12.1 Å². The van der Waals surface area contributed by atoms with Crippen molar-refractivity contribution in [1.82, 2.24) is 4.90 Å². The zero-order chi connectivity index (χ0) is 16.0. The van der Waals surface area contributed by atoms with Crippen LogP contribution in [0.15, 0.2) is 24.3 Å². The zero-order valence-electron chi connectivity index (χ0n) is 11.0. The Balaban J connectivity index is 2.94. The van der Waals surface area contributed by atoms with Gasteiger partial charge in [-0.3, -0.25) is 19.3 Å². The number of benzene rings is 1. The maximum absolute atomic E-state index is 11.3. The first-order chi connectivity index (χ1) is 9.79. The van der Waals surface area contributed by atoms with E-state index in [0.29, 0.717) is 5.56 Å². The summed E-state index contributed by atoms with van der Waals surface area (Å²) in [7, 11) is 0. The lowest BCUT2D eigenvalue weighted by Gasteiger charge is -2.25. The Kier molecular flexibility index (Phi) is 5.67. The van der Waals surface area contributed by atoms with Gasteiger partial charge in [0.1, 0.15) is 11.8 Å². The average Bonchev–Trinajstić information content (AvgIpc) is 2.35. The number of carbonyl (C=O) groups is 3. The van der Waals surface area contributed by atoms with E-state index < -0.39 is 37.0 Å². The van der Waals surface area contributed by atoms with Gasteiger partial charge in [0.2, 0.25) is 0 Å². The van der Waals surface area contributed by atoms with Crippen LogP contribution in [-0.2, 0) is 20.8 Å². The Morgan fingerprint density at radius 3 is 1.81 bits per heavy atom. The van der Waals surface area contributed by atoms with Crippen molar-refractivity contribution in [2.24, 2.45) is 0 Å². The molecule has 1 rings (SSSR count). The fourth-order valence-electron chi connectivity index (χ4n) is 1.85. The van der Waals surface area contributed by atoms with Gasteiger partial charge in [0, 0.05) is 0 Å². The Hall–Kier alpha value is -2.61. The summed E-state index contributed by atoms with van der Waals surface area (Å²) in [5.74, 6) is -3.93. The summed E-state index contributed by atoms with van der Waals surface area (Å²) in [6.45, 7) is -1.39. The summed E-state index contributed by atoms with van der Waals surface area (Å²) >= 11 is 0. The standard InChI is InChI=1S/C13H15NO7/c15-9-3-1-8(2-4-9)5-10(13(20)21)14(6-11(16)17)7-12(18)19/h1-4,10,15H,5-7H2,(H,16,17)(H,18,19)(H,20,21). The fourth-order valence-corrected chi connectivity index (χ4v) is 1.85. The van der Waals surface area contributed by atoms with E-state index in [9.17, 15) is 19.5 Å². The van der Waals surface area contributed by atoms with E-state index in [1.165, 1.54) is 24.3 Å². The summed E-state index contributed by atoms with van der Waals surface area (Å²) in [6.07, 6.45) is -0.0732. The summed E-state index contributed by atoms with van der Waals surface area (Å²) in [6, 6.07) is 4.43. The van der Waals surface area contributed by atoms with Gasteiger partial charge in [0.25, 0.3) is 0 Å². The Morgan fingerprint density at radius 1 is 0.952 bits per heavy atom. The van der Waals surface area contributed by atoms with Gasteiger partial charge in [-0.25, -0.2) is 0 Å². The van der Waals surface area contributed by atoms with Gasteiger partial charge >= 0.3 is 17.9 Å². The van der Waals surface area contributed by atoms with Crippen molar-refractivity contribution in [2.45, 2.75) is 12.5 Å². The van der Waals surface area contributed by atoms with Crippen LogP contribution in [0.5, 0.6) is 5.75 Å². The summed E-state index contributed by atoms with van der Waals surface area (Å²) < 4.78 is 0. The molecule has 0 aromatic heterocycles. The fraction of sp³-hybridized carbons (Fsp3) is 0.308. The van der Waals surface area contributed by atoms with Gasteiger partial charge in [-0.15, -0.1) is 0 Å². The Morgan fingerprint density at radius 2 is 1.43 bits per heavy atom. The molecular weight excluding hydrogens is 282 g/mol. The first kappa shape index (κ1) is 16.4. The van der Waals surface area contributed by atoms with Crippen molar-refractivity contribution in [3.05, 3.63) is 29.8 Å². The molecule has 0 aliphatic carbocycles. The number of phenolic OH excluding ortho intramolecular Hbond substituents is 1. The van der Waals surface area contributed by atoms with Crippen LogP contribution in [0.3, 0.4) is 0 Å². The molecule has 0 saturated carbocycles. The molecule has 1 aromatic carbocycles. The van der Waals surface area contributed by atoms with Crippen molar-refractivity contribution in [3.63, 3.8) is 0 Å². The van der Waals surface area contributed by atoms with Gasteiger partial charge < -0.3 is 20.4 Å². The largest absolute Gasteiger partial charge is 0.508 e. The van der Waals surface area contributed by atoms with Crippen LogP contribution in [0.2, 0.25) is 0 Å². The molecule has 0 aliphatic heterocycles. The Labute approximate surface area is 119 Å². The van der Waals surface area contributed by atoms with Crippen LogP contribution in [0.1, 0.15) is 5.56 Å². The monoisotopic (exact) mass is 297 g/mol. The highest BCUT2D eigenvalue weighted by molar-refractivity contribution is 5.78. The molecule has 0 radical (unpaired) electrons. The average molecular weight is 297 g/mol. The maximum atomic E-state index is 11.3. The number of hydrogen-bond acceptors (Lipinski definition) is 5. The predicted molar refractivity (Wildman–Crippen MR) is 70.1 cm³/mol. The number of rotatable bonds is 8. The van der Waals surface area contributed by atoms with Crippen molar-refractivity contribution in [2.75, 3.05) is 13.1 Å².